The topological polar surface area (TPSA) is 6.48 Å². The molecule has 0 amide bonds. The molecule has 1 heterocycles. The van der Waals surface area contributed by atoms with Crippen molar-refractivity contribution in [2.24, 2.45) is 0 Å². The van der Waals surface area contributed by atoms with Gasteiger partial charge in [0, 0.05) is 30.9 Å². The van der Waals surface area contributed by atoms with Crippen molar-refractivity contribution in [2.45, 2.75) is 39.2 Å². The van der Waals surface area contributed by atoms with Crippen molar-refractivity contribution in [3.8, 4) is 0 Å². The Morgan fingerprint density at radius 3 is 2.79 bits per heavy atom. The monoisotopic (exact) mass is 216 g/mol. The van der Waals surface area contributed by atoms with Crippen LogP contribution >= 0.6 is 11.6 Å². The van der Waals surface area contributed by atoms with E-state index in [1.165, 1.54) is 12.8 Å². The Hall–Kier alpha value is -0.370. The van der Waals surface area contributed by atoms with Crippen LogP contribution in [0.5, 0.6) is 0 Å². The fourth-order valence-corrected chi connectivity index (χ4v) is 1.75. The summed E-state index contributed by atoms with van der Waals surface area (Å²) >= 11 is 5.64. The van der Waals surface area contributed by atoms with Crippen LogP contribution < -0.4 is 0 Å². The lowest BCUT2D eigenvalue weighted by atomic mass is 10.2. The third-order valence-electron chi connectivity index (χ3n) is 2.80. The van der Waals surface area contributed by atoms with Gasteiger partial charge in [0.15, 0.2) is 0 Å². The first-order valence-corrected chi connectivity index (χ1v) is 6.05. The van der Waals surface area contributed by atoms with Crippen LogP contribution in [0.1, 0.15) is 33.1 Å². The van der Waals surface area contributed by atoms with Crippen molar-refractivity contribution < 1.29 is 0 Å². The molecule has 2 nitrogen and oxygen atoms in total. The molecular weight excluding hydrogens is 196 g/mol. The van der Waals surface area contributed by atoms with Gasteiger partial charge >= 0.3 is 0 Å². The smallest absolute Gasteiger partial charge is 0.0896 e. The van der Waals surface area contributed by atoms with Crippen LogP contribution in [0, 0.1) is 0 Å². The second kappa shape index (κ2) is 6.18. The van der Waals surface area contributed by atoms with Gasteiger partial charge < -0.3 is 9.80 Å². The maximum atomic E-state index is 5.64. The number of halogens is 1. The molecule has 0 aromatic rings. The summed E-state index contributed by atoms with van der Waals surface area (Å²) in [7, 11) is 0. The molecule has 0 aromatic carbocycles. The number of hydrogen-bond donors (Lipinski definition) is 0. The van der Waals surface area contributed by atoms with Gasteiger partial charge in [-0.1, -0.05) is 6.92 Å². The molecule has 0 aliphatic carbocycles. The second-order valence-electron chi connectivity index (χ2n) is 3.92. The van der Waals surface area contributed by atoms with Gasteiger partial charge in [-0.15, -0.1) is 11.6 Å². The summed E-state index contributed by atoms with van der Waals surface area (Å²) in [6.07, 6.45) is 7.92. The summed E-state index contributed by atoms with van der Waals surface area (Å²) in [6, 6.07) is 0.657. The van der Waals surface area contributed by atoms with Crippen LogP contribution in [0.2, 0.25) is 0 Å². The van der Waals surface area contributed by atoms with Gasteiger partial charge in [-0.25, -0.2) is 0 Å². The molecule has 1 aliphatic rings. The minimum atomic E-state index is 0.657. The summed E-state index contributed by atoms with van der Waals surface area (Å²) in [6.45, 7) is 6.69. The van der Waals surface area contributed by atoms with E-state index in [1.807, 2.05) is 0 Å². The standard InChI is InChI=1S/C11H21ClN2/c1-3-11(2)14-9-8-13(10-14)7-5-4-6-12/h8-9,11H,3-7,10H2,1-2H3. The third-order valence-corrected chi connectivity index (χ3v) is 3.07. The predicted octanol–water partition coefficient (Wildman–Crippen LogP) is 2.85. The highest BCUT2D eigenvalue weighted by Gasteiger charge is 2.15. The minimum Gasteiger partial charge on any atom is -0.359 e. The molecule has 0 radical (unpaired) electrons. The maximum absolute atomic E-state index is 5.64. The van der Waals surface area contributed by atoms with E-state index in [0.29, 0.717) is 6.04 Å². The predicted molar refractivity (Wildman–Crippen MR) is 62.3 cm³/mol. The minimum absolute atomic E-state index is 0.657. The molecule has 1 unspecified atom stereocenters. The summed E-state index contributed by atoms with van der Waals surface area (Å²) in [5.74, 6) is 0.784. The van der Waals surface area contributed by atoms with E-state index in [9.17, 15) is 0 Å². The van der Waals surface area contributed by atoms with Crippen LogP contribution in [0.3, 0.4) is 0 Å². The lowest BCUT2D eigenvalue weighted by molar-refractivity contribution is 0.216. The zero-order valence-electron chi connectivity index (χ0n) is 9.25. The number of alkyl halides is 1. The molecule has 0 aromatic heterocycles. The summed E-state index contributed by atoms with van der Waals surface area (Å²) in [5, 5.41) is 0. The molecule has 0 saturated heterocycles. The van der Waals surface area contributed by atoms with E-state index in [-0.39, 0.29) is 0 Å². The number of rotatable bonds is 6. The quantitative estimate of drug-likeness (QED) is 0.498. The van der Waals surface area contributed by atoms with E-state index in [2.05, 4.69) is 36.0 Å². The lowest BCUT2D eigenvalue weighted by Gasteiger charge is -2.26. The molecule has 0 bridgehead atoms. The molecule has 82 valence electrons. The molecule has 3 heteroatoms. The molecule has 1 aliphatic heterocycles. The van der Waals surface area contributed by atoms with Crippen LogP contribution in [0.25, 0.3) is 0 Å². The van der Waals surface area contributed by atoms with Crippen LogP contribution in [-0.4, -0.2) is 34.9 Å². The number of unbranched alkanes of at least 4 members (excludes halogenated alkanes) is 1. The molecular formula is C11H21ClN2. The summed E-state index contributed by atoms with van der Waals surface area (Å²) in [4.78, 5) is 4.75. The highest BCUT2D eigenvalue weighted by Crippen LogP contribution is 2.13. The molecule has 14 heavy (non-hydrogen) atoms. The number of hydrogen-bond acceptors (Lipinski definition) is 2. The van der Waals surface area contributed by atoms with E-state index >= 15 is 0 Å². The van der Waals surface area contributed by atoms with Crippen molar-refractivity contribution in [3.63, 3.8) is 0 Å². The highest BCUT2D eigenvalue weighted by atomic mass is 35.5. The maximum Gasteiger partial charge on any atom is 0.0896 e. The molecule has 0 fully saturated rings. The van der Waals surface area contributed by atoms with Crippen LogP contribution in [-0.2, 0) is 0 Å². The fraction of sp³-hybridized carbons (Fsp3) is 0.818. The molecule has 1 rings (SSSR count). The van der Waals surface area contributed by atoms with Gasteiger partial charge in [-0.2, -0.15) is 0 Å². The summed E-state index contributed by atoms with van der Waals surface area (Å²) in [5.41, 5.74) is 0. The first-order valence-electron chi connectivity index (χ1n) is 5.52. The first-order chi connectivity index (χ1) is 6.77. The van der Waals surface area contributed by atoms with Gasteiger partial charge in [-0.3, -0.25) is 0 Å². The fourth-order valence-electron chi connectivity index (χ4n) is 1.56. The van der Waals surface area contributed by atoms with Crippen LogP contribution in [0.15, 0.2) is 12.4 Å². The Kier molecular flexibility index (Phi) is 5.16. The van der Waals surface area contributed by atoms with Crippen molar-refractivity contribution in [2.75, 3.05) is 19.1 Å². The Balaban J connectivity index is 2.18. The van der Waals surface area contributed by atoms with E-state index in [1.54, 1.807) is 0 Å². The van der Waals surface area contributed by atoms with Crippen molar-refractivity contribution >= 4 is 11.6 Å². The molecule has 0 spiro atoms. The summed E-state index contributed by atoms with van der Waals surface area (Å²) < 4.78 is 0. The van der Waals surface area contributed by atoms with Crippen molar-refractivity contribution in [1.82, 2.24) is 9.80 Å². The zero-order valence-corrected chi connectivity index (χ0v) is 10.0. The lowest BCUT2D eigenvalue weighted by Crippen LogP contribution is -2.32. The third kappa shape index (κ3) is 3.41. The SMILES string of the molecule is CCC(C)N1C=CN(CCCCCl)C1. The Morgan fingerprint density at radius 2 is 2.14 bits per heavy atom. The first kappa shape index (κ1) is 11.7. The largest absolute Gasteiger partial charge is 0.359 e. The molecule has 0 saturated carbocycles. The van der Waals surface area contributed by atoms with E-state index < -0.39 is 0 Å². The zero-order chi connectivity index (χ0) is 10.4. The second-order valence-corrected chi connectivity index (χ2v) is 4.30. The van der Waals surface area contributed by atoms with Gasteiger partial charge in [-0.05, 0) is 26.2 Å². The van der Waals surface area contributed by atoms with Crippen molar-refractivity contribution in [1.29, 1.82) is 0 Å². The molecule has 1 atom stereocenters. The van der Waals surface area contributed by atoms with Gasteiger partial charge in [0.1, 0.15) is 0 Å². The van der Waals surface area contributed by atoms with Crippen molar-refractivity contribution in [3.05, 3.63) is 12.4 Å². The van der Waals surface area contributed by atoms with E-state index in [4.69, 9.17) is 11.6 Å². The molecule has 0 N–H and O–H groups in total. The Labute approximate surface area is 92.5 Å². The average Bonchev–Trinajstić information content (AvgIpc) is 2.66. The van der Waals surface area contributed by atoms with Gasteiger partial charge in [0.2, 0.25) is 0 Å². The normalized spacial score (nSPS) is 17.9. The number of nitrogens with zero attached hydrogens (tertiary/aromatic N) is 2. The van der Waals surface area contributed by atoms with Gasteiger partial charge in [0.25, 0.3) is 0 Å². The highest BCUT2D eigenvalue weighted by molar-refractivity contribution is 6.17. The average molecular weight is 217 g/mol. The Bertz CT molecular complexity index is 182. The van der Waals surface area contributed by atoms with E-state index in [0.717, 1.165) is 25.5 Å². The van der Waals surface area contributed by atoms with Gasteiger partial charge in [0.05, 0.1) is 6.67 Å². The van der Waals surface area contributed by atoms with Crippen LogP contribution in [0.4, 0.5) is 0 Å². The Morgan fingerprint density at radius 1 is 1.36 bits per heavy atom.